The summed E-state index contributed by atoms with van der Waals surface area (Å²) in [6.07, 6.45) is 0.126. The van der Waals surface area contributed by atoms with Crippen LogP contribution < -0.4 is 10.5 Å². The number of aromatic amines is 1. The third-order valence-electron chi connectivity index (χ3n) is 6.54. The van der Waals surface area contributed by atoms with Gasteiger partial charge in [0.1, 0.15) is 10.9 Å². The van der Waals surface area contributed by atoms with Gasteiger partial charge in [-0.3, -0.25) is 9.89 Å². The van der Waals surface area contributed by atoms with Gasteiger partial charge in [-0.05, 0) is 49.5 Å². The summed E-state index contributed by atoms with van der Waals surface area (Å²) in [4.78, 5) is 18.4. The minimum atomic E-state index is -0.442. The van der Waals surface area contributed by atoms with Crippen molar-refractivity contribution >= 4 is 29.1 Å². The monoisotopic (exact) mass is 550 g/mol. The zero-order valence-electron chi connectivity index (χ0n) is 21.4. The first-order valence-corrected chi connectivity index (χ1v) is 13.7. The molecule has 0 bridgehead atoms. The van der Waals surface area contributed by atoms with Crippen LogP contribution in [0.1, 0.15) is 17.2 Å². The average molecular weight is 551 g/mol. The molecule has 7 nitrogen and oxygen atoms in total. The van der Waals surface area contributed by atoms with E-state index in [1.54, 1.807) is 10.7 Å². The zero-order chi connectivity index (χ0) is 26.6. The predicted molar refractivity (Wildman–Crippen MR) is 153 cm³/mol. The van der Waals surface area contributed by atoms with Crippen LogP contribution in [0.5, 0.6) is 5.88 Å². The maximum absolute atomic E-state index is 13.1. The number of hydrogen-bond acceptors (Lipinski definition) is 6. The standard InChI is InChI=1S/C29H31ClN4O3S/c1-32(2)18-23-19-33(15-16-37-23)22-12-8-11-21(17-22)26(20-9-4-3-5-10-20)34-29(36)27(28(35)31-34)38-25-14-7-6-13-24(25)30/h3-14,17,23,26,36H,15-16,18-19H2,1-2H3,(H,31,35). The van der Waals surface area contributed by atoms with Gasteiger partial charge in [0.15, 0.2) is 0 Å². The van der Waals surface area contributed by atoms with Gasteiger partial charge in [0, 0.05) is 30.2 Å². The van der Waals surface area contributed by atoms with Crippen molar-refractivity contribution in [1.82, 2.24) is 14.7 Å². The van der Waals surface area contributed by atoms with Crippen molar-refractivity contribution in [3.05, 3.63) is 105 Å². The van der Waals surface area contributed by atoms with Gasteiger partial charge in [-0.25, -0.2) is 4.68 Å². The first-order valence-electron chi connectivity index (χ1n) is 12.5. The molecular formula is C29H31ClN4O3S. The lowest BCUT2D eigenvalue weighted by Crippen LogP contribution is -2.46. The molecular weight excluding hydrogens is 520 g/mol. The predicted octanol–water partition coefficient (Wildman–Crippen LogP) is 5.09. The number of nitrogens with zero attached hydrogens (tertiary/aromatic N) is 3. The highest BCUT2D eigenvalue weighted by molar-refractivity contribution is 7.99. The summed E-state index contributed by atoms with van der Waals surface area (Å²) in [5.74, 6) is -0.128. The molecule has 9 heteroatoms. The van der Waals surface area contributed by atoms with E-state index in [9.17, 15) is 9.90 Å². The molecule has 4 aromatic rings. The molecule has 1 aromatic heterocycles. The fraction of sp³-hybridized carbons (Fsp3) is 0.276. The number of nitrogens with one attached hydrogen (secondary N) is 1. The molecule has 2 N–H and O–H groups in total. The summed E-state index contributed by atoms with van der Waals surface area (Å²) in [6.45, 7) is 3.11. The fourth-order valence-corrected chi connectivity index (χ4v) is 5.94. The van der Waals surface area contributed by atoms with Gasteiger partial charge in [-0.1, -0.05) is 78.0 Å². The van der Waals surface area contributed by atoms with Gasteiger partial charge in [0.05, 0.1) is 17.7 Å². The van der Waals surface area contributed by atoms with Crippen molar-refractivity contribution < 1.29 is 9.84 Å². The van der Waals surface area contributed by atoms with Crippen LogP contribution >= 0.6 is 23.4 Å². The molecule has 198 valence electrons. The third kappa shape index (κ3) is 5.78. The molecule has 38 heavy (non-hydrogen) atoms. The quantitative estimate of drug-likeness (QED) is 0.318. The molecule has 0 spiro atoms. The lowest BCUT2D eigenvalue weighted by Gasteiger charge is -2.36. The highest BCUT2D eigenvalue weighted by atomic mass is 35.5. The Balaban J connectivity index is 1.53. The molecule has 0 radical (unpaired) electrons. The van der Waals surface area contributed by atoms with Gasteiger partial charge in [0.2, 0.25) is 5.88 Å². The molecule has 0 saturated carbocycles. The van der Waals surface area contributed by atoms with Crippen molar-refractivity contribution in [2.24, 2.45) is 0 Å². The van der Waals surface area contributed by atoms with Crippen molar-refractivity contribution in [2.45, 2.75) is 21.9 Å². The number of aromatic nitrogens is 2. The van der Waals surface area contributed by atoms with E-state index in [1.807, 2.05) is 60.7 Å². The van der Waals surface area contributed by atoms with Crippen molar-refractivity contribution in [2.75, 3.05) is 45.2 Å². The van der Waals surface area contributed by atoms with Crippen LogP contribution in [0, 0.1) is 0 Å². The second-order valence-electron chi connectivity index (χ2n) is 9.61. The summed E-state index contributed by atoms with van der Waals surface area (Å²) in [6, 6.07) is 25.0. The Morgan fingerprint density at radius 3 is 2.58 bits per heavy atom. The van der Waals surface area contributed by atoms with Crippen LogP contribution in [0.3, 0.4) is 0 Å². The maximum Gasteiger partial charge on any atom is 0.282 e. The van der Waals surface area contributed by atoms with E-state index in [-0.39, 0.29) is 22.4 Å². The number of halogens is 1. The normalized spacial score (nSPS) is 16.6. The number of likely N-dealkylation sites (N-methyl/N-ethyl adjacent to an activating group) is 1. The highest BCUT2D eigenvalue weighted by Crippen LogP contribution is 2.39. The number of aromatic hydroxyl groups is 1. The van der Waals surface area contributed by atoms with Gasteiger partial charge >= 0.3 is 0 Å². The van der Waals surface area contributed by atoms with Crippen LogP contribution in [0.25, 0.3) is 0 Å². The Morgan fingerprint density at radius 2 is 1.82 bits per heavy atom. The van der Waals surface area contributed by atoms with Gasteiger partial charge in [0.25, 0.3) is 5.56 Å². The smallest absolute Gasteiger partial charge is 0.282 e. The first-order chi connectivity index (χ1) is 18.4. The number of H-pyrrole nitrogens is 1. The van der Waals surface area contributed by atoms with E-state index in [2.05, 4.69) is 41.1 Å². The lowest BCUT2D eigenvalue weighted by atomic mass is 9.98. The van der Waals surface area contributed by atoms with Gasteiger partial charge < -0.3 is 19.6 Å². The number of morpholine rings is 1. The topological polar surface area (TPSA) is 73.7 Å². The Morgan fingerprint density at radius 1 is 1.08 bits per heavy atom. The molecule has 2 unspecified atom stereocenters. The van der Waals surface area contributed by atoms with Crippen LogP contribution in [-0.4, -0.2) is 66.2 Å². The minimum absolute atomic E-state index is 0.126. The summed E-state index contributed by atoms with van der Waals surface area (Å²) >= 11 is 7.49. The van der Waals surface area contributed by atoms with Crippen molar-refractivity contribution in [1.29, 1.82) is 0 Å². The second kappa shape index (κ2) is 11.7. The van der Waals surface area contributed by atoms with E-state index in [1.165, 1.54) is 0 Å². The second-order valence-corrected chi connectivity index (χ2v) is 11.1. The van der Waals surface area contributed by atoms with E-state index in [0.717, 1.165) is 48.2 Å². The molecule has 0 amide bonds. The van der Waals surface area contributed by atoms with Crippen LogP contribution in [-0.2, 0) is 4.74 Å². The van der Waals surface area contributed by atoms with Gasteiger partial charge in [-0.2, -0.15) is 0 Å². The van der Waals surface area contributed by atoms with Crippen LogP contribution in [0.15, 0.2) is 93.4 Å². The lowest BCUT2D eigenvalue weighted by molar-refractivity contribution is 0.0248. The molecule has 2 heterocycles. The molecule has 1 aliphatic rings. The summed E-state index contributed by atoms with van der Waals surface area (Å²) < 4.78 is 7.52. The Bertz CT molecular complexity index is 1440. The Labute approximate surface area is 231 Å². The third-order valence-corrected chi connectivity index (χ3v) is 8.13. The molecule has 3 aromatic carbocycles. The molecule has 1 fully saturated rings. The largest absolute Gasteiger partial charge is 0.493 e. The number of hydrogen-bond donors (Lipinski definition) is 2. The van der Waals surface area contributed by atoms with E-state index >= 15 is 0 Å². The van der Waals surface area contributed by atoms with Crippen molar-refractivity contribution in [3.8, 4) is 5.88 Å². The van der Waals surface area contributed by atoms with E-state index < -0.39 is 6.04 Å². The maximum atomic E-state index is 13.1. The zero-order valence-corrected chi connectivity index (χ0v) is 23.0. The number of anilines is 1. The van der Waals surface area contributed by atoms with Crippen LogP contribution in [0.4, 0.5) is 5.69 Å². The summed E-state index contributed by atoms with van der Waals surface area (Å²) in [5.41, 5.74) is 2.59. The number of ether oxygens (including phenoxy) is 1. The van der Waals surface area contributed by atoms with E-state index in [0.29, 0.717) is 16.5 Å². The SMILES string of the molecule is CN(C)CC1CN(c2cccc(C(c3ccccc3)n3[nH]c(=O)c(Sc4ccccc4Cl)c3O)c2)CCO1. The Hall–Kier alpha value is -3.17. The first kappa shape index (κ1) is 26.4. The molecule has 0 aliphatic carbocycles. The minimum Gasteiger partial charge on any atom is -0.493 e. The van der Waals surface area contributed by atoms with Gasteiger partial charge in [-0.15, -0.1) is 0 Å². The number of rotatable bonds is 8. The number of benzene rings is 3. The van der Waals surface area contributed by atoms with Crippen molar-refractivity contribution in [3.63, 3.8) is 0 Å². The summed E-state index contributed by atoms with van der Waals surface area (Å²) in [5, 5.41) is 14.7. The van der Waals surface area contributed by atoms with Crippen LogP contribution in [0.2, 0.25) is 5.02 Å². The molecule has 2 atom stereocenters. The fourth-order valence-electron chi connectivity index (χ4n) is 4.83. The average Bonchev–Trinajstić information content (AvgIpc) is 3.19. The van der Waals surface area contributed by atoms with E-state index in [4.69, 9.17) is 16.3 Å². The molecule has 1 aliphatic heterocycles. The Kier molecular flexibility index (Phi) is 8.14. The molecule has 5 rings (SSSR count). The highest BCUT2D eigenvalue weighted by Gasteiger charge is 2.26. The summed E-state index contributed by atoms with van der Waals surface area (Å²) in [7, 11) is 4.10. The molecule has 1 saturated heterocycles.